The number of methoxy groups -OCH3 is 1. The van der Waals surface area contributed by atoms with Crippen molar-refractivity contribution in [2.75, 3.05) is 20.3 Å². The van der Waals surface area contributed by atoms with Gasteiger partial charge in [-0.25, -0.2) is 13.2 Å². The van der Waals surface area contributed by atoms with Crippen LogP contribution in [0.2, 0.25) is 0 Å². The number of nitrogens with zero attached hydrogens (tertiary/aromatic N) is 2. The van der Waals surface area contributed by atoms with Gasteiger partial charge in [-0.15, -0.1) is 0 Å². The molecule has 1 aromatic carbocycles. The van der Waals surface area contributed by atoms with Gasteiger partial charge >= 0.3 is 6.09 Å². The molecule has 0 spiro atoms. The normalized spacial score (nSPS) is 30.4. The lowest BCUT2D eigenvalue weighted by molar-refractivity contribution is -0.142. The van der Waals surface area contributed by atoms with E-state index in [1.54, 1.807) is 45.2 Å². The van der Waals surface area contributed by atoms with Crippen molar-refractivity contribution in [3.63, 3.8) is 0 Å². The van der Waals surface area contributed by atoms with Crippen LogP contribution in [0.15, 0.2) is 36.4 Å². The number of nitrogens with one attached hydrogen (secondary N) is 3. The van der Waals surface area contributed by atoms with Crippen LogP contribution in [0, 0.1) is 17.8 Å². The van der Waals surface area contributed by atoms with E-state index in [0.717, 1.165) is 11.8 Å². The van der Waals surface area contributed by atoms with E-state index in [-0.39, 0.29) is 31.2 Å². The minimum atomic E-state index is -4.01. The Morgan fingerprint density at radius 3 is 2.58 bits per heavy atom. The number of allylic oxidation sites excluding steroid dienone is 1. The first-order valence-electron chi connectivity index (χ1n) is 18.2. The number of rotatable bonds is 9. The summed E-state index contributed by atoms with van der Waals surface area (Å²) in [7, 11) is -2.46. The molecule has 2 aromatic rings. The van der Waals surface area contributed by atoms with Crippen LogP contribution in [0.5, 0.6) is 17.5 Å². The number of hydrogen-bond donors (Lipinski definition) is 4. The maximum Gasteiger partial charge on any atom is 0.405 e. The van der Waals surface area contributed by atoms with Gasteiger partial charge in [0.2, 0.25) is 33.6 Å². The molecule has 0 unspecified atom stereocenters. The first-order valence-corrected chi connectivity index (χ1v) is 19.7. The molecule has 16 heteroatoms. The van der Waals surface area contributed by atoms with Gasteiger partial charge in [-0.05, 0) is 87.8 Å². The van der Waals surface area contributed by atoms with Crippen LogP contribution in [0.3, 0.4) is 0 Å². The predicted molar refractivity (Wildman–Crippen MR) is 194 cm³/mol. The quantitative estimate of drug-likeness (QED) is 0.273. The predicted octanol–water partition coefficient (Wildman–Crippen LogP) is 3.51. The van der Waals surface area contributed by atoms with Crippen molar-refractivity contribution < 1.29 is 46.9 Å². The molecule has 3 fully saturated rings. The molecule has 15 nitrogen and oxygen atoms in total. The molecule has 53 heavy (non-hydrogen) atoms. The van der Waals surface area contributed by atoms with Gasteiger partial charge in [0.15, 0.2) is 0 Å². The lowest BCUT2D eigenvalue weighted by atomic mass is 9.88. The molecule has 0 bridgehead atoms. The van der Waals surface area contributed by atoms with Crippen LogP contribution in [-0.2, 0) is 24.4 Å². The minimum absolute atomic E-state index is 0.0189. The van der Waals surface area contributed by atoms with Crippen molar-refractivity contribution in [1.82, 2.24) is 25.2 Å². The third kappa shape index (κ3) is 7.87. The number of sulfonamides is 1. The highest BCUT2D eigenvalue weighted by Gasteiger charge is 2.63. The Balaban J connectivity index is 1.35. The molecule has 4 aliphatic rings. The van der Waals surface area contributed by atoms with Crippen molar-refractivity contribution in [3.8, 4) is 17.5 Å². The van der Waals surface area contributed by atoms with Crippen LogP contribution >= 0.6 is 0 Å². The van der Waals surface area contributed by atoms with Crippen molar-refractivity contribution in [1.29, 1.82) is 0 Å². The monoisotopic (exact) mass is 755 g/mol. The fourth-order valence-electron chi connectivity index (χ4n) is 7.51. The average Bonchev–Trinajstić information content (AvgIpc) is 3.98. The lowest BCUT2D eigenvalue weighted by Gasteiger charge is -2.32. The van der Waals surface area contributed by atoms with Crippen molar-refractivity contribution in [3.05, 3.63) is 36.4 Å². The number of ether oxygens (including phenoxy) is 3. The summed E-state index contributed by atoms with van der Waals surface area (Å²) in [6, 6.07) is 4.74. The Morgan fingerprint density at radius 1 is 1.15 bits per heavy atom. The molecule has 1 aromatic heterocycles. The number of benzene rings is 1. The van der Waals surface area contributed by atoms with Crippen LogP contribution in [0.4, 0.5) is 4.79 Å². The van der Waals surface area contributed by atoms with Crippen molar-refractivity contribution >= 4 is 44.6 Å². The molecule has 3 heterocycles. The van der Waals surface area contributed by atoms with E-state index in [1.165, 1.54) is 4.90 Å². The zero-order valence-corrected chi connectivity index (χ0v) is 31.5. The van der Waals surface area contributed by atoms with E-state index in [4.69, 9.17) is 14.2 Å². The molecule has 1 saturated heterocycles. The Bertz CT molecular complexity index is 1920. The van der Waals surface area contributed by atoms with E-state index in [1.807, 2.05) is 26.0 Å². The molecule has 7 atom stereocenters. The highest BCUT2D eigenvalue weighted by molar-refractivity contribution is 7.91. The summed E-state index contributed by atoms with van der Waals surface area (Å²) in [4.78, 5) is 60.5. The van der Waals surface area contributed by atoms with Crippen LogP contribution in [-0.4, -0.2) is 96.0 Å². The van der Waals surface area contributed by atoms with E-state index in [2.05, 4.69) is 20.3 Å². The molecule has 2 saturated carbocycles. The average molecular weight is 756 g/mol. The third-order valence-electron chi connectivity index (χ3n) is 11.1. The minimum Gasteiger partial charge on any atom is -0.497 e. The van der Waals surface area contributed by atoms with E-state index in [0.29, 0.717) is 49.3 Å². The molecule has 288 valence electrons. The van der Waals surface area contributed by atoms with Crippen LogP contribution in [0.1, 0.15) is 72.6 Å². The number of amides is 4. The molecule has 2 aliphatic carbocycles. The second-order valence-electron chi connectivity index (χ2n) is 15.2. The fourth-order valence-corrected chi connectivity index (χ4v) is 8.82. The smallest absolute Gasteiger partial charge is 0.405 e. The summed E-state index contributed by atoms with van der Waals surface area (Å²) in [5.74, 6) is -1.77. The molecule has 6 rings (SSSR count). The Hall–Kier alpha value is -4.60. The van der Waals surface area contributed by atoms with Gasteiger partial charge in [0.1, 0.15) is 29.5 Å². The van der Waals surface area contributed by atoms with Gasteiger partial charge < -0.3 is 34.9 Å². The first-order chi connectivity index (χ1) is 25.1. The highest BCUT2D eigenvalue weighted by atomic mass is 32.2. The molecular formula is C37H49N5O10S. The fraction of sp³-hybridized carbons (Fsp3) is 0.595. The highest BCUT2D eigenvalue weighted by Crippen LogP contribution is 2.47. The second kappa shape index (κ2) is 14.7. The number of fused-ring (bicyclic) bond motifs is 3. The van der Waals surface area contributed by atoms with Gasteiger partial charge in [-0.1, -0.05) is 26.0 Å². The van der Waals surface area contributed by atoms with Gasteiger partial charge in [0, 0.05) is 23.8 Å². The van der Waals surface area contributed by atoms with Gasteiger partial charge in [-0.2, -0.15) is 4.98 Å². The van der Waals surface area contributed by atoms with Crippen molar-refractivity contribution in [2.24, 2.45) is 17.8 Å². The van der Waals surface area contributed by atoms with Gasteiger partial charge in [-0.3, -0.25) is 19.1 Å². The third-order valence-corrected chi connectivity index (χ3v) is 13.2. The number of carboxylic acid groups (broad SMARTS) is 1. The van der Waals surface area contributed by atoms with Crippen LogP contribution < -0.4 is 29.6 Å². The Morgan fingerprint density at radius 2 is 1.91 bits per heavy atom. The zero-order chi connectivity index (χ0) is 38.3. The number of aromatic nitrogens is 1. The molecule has 4 N–H and O–H groups in total. The topological polar surface area (TPSA) is 203 Å². The van der Waals surface area contributed by atoms with Crippen LogP contribution in [0.25, 0.3) is 10.8 Å². The first kappa shape index (κ1) is 38.1. The molecule has 2 aliphatic heterocycles. The molecule has 4 amide bonds. The number of carbonyl (C=O) groups excluding carboxylic acids is 3. The maximum absolute atomic E-state index is 14.4. The summed E-state index contributed by atoms with van der Waals surface area (Å²) in [6.07, 6.45) is 4.52. The summed E-state index contributed by atoms with van der Waals surface area (Å²) < 4.78 is 45.0. The van der Waals surface area contributed by atoms with E-state index >= 15 is 0 Å². The zero-order valence-electron chi connectivity index (χ0n) is 30.7. The van der Waals surface area contributed by atoms with E-state index in [9.17, 15) is 32.7 Å². The van der Waals surface area contributed by atoms with Gasteiger partial charge in [0.25, 0.3) is 5.91 Å². The largest absolute Gasteiger partial charge is 0.497 e. The maximum atomic E-state index is 14.4. The molecular weight excluding hydrogens is 706 g/mol. The summed E-state index contributed by atoms with van der Waals surface area (Å²) in [5.41, 5.74) is -1.56. The number of carbonyl (C=O) groups is 4. The second-order valence-corrected chi connectivity index (χ2v) is 17.4. The lowest BCUT2D eigenvalue weighted by Crippen LogP contribution is -2.59. The Kier molecular flexibility index (Phi) is 10.6. The number of pyridine rings is 1. The van der Waals surface area contributed by atoms with E-state index < -0.39 is 74.1 Å². The summed E-state index contributed by atoms with van der Waals surface area (Å²) in [6.45, 7) is 7.48. The molecule has 0 radical (unpaired) electrons. The standard InChI is InChI=1S/C37H49N5O10S/c1-6-51-29-17-23-16-25(50-5)11-12-27(23)32(38-29)52-26-18-28-31(43)40-37(34(45)41-53(48,49)36(4)13-14-36)19-24(37)10-8-7-9-21(2)15-22(3)30(39-35(46)47)33(44)42(28)20-26/h8,10-12,16-17,21-22,24,26,28,30,39H,6-7,9,13-15,18-20H2,1-5H3,(H,40,43)(H,41,45)(H,46,47)/b10-8-/t21-,22-,24-,26-,28+,30+,37-/m1/s1. The number of hydrogen-bond acceptors (Lipinski definition) is 10. The Labute approximate surface area is 309 Å². The van der Waals surface area contributed by atoms with Crippen molar-refractivity contribution in [2.45, 2.75) is 101 Å². The SMILES string of the molecule is CCOc1cc2cc(OC)ccc2c(O[C@@H]2C[C@H]3C(=O)N[C@]4(C(=O)NS(=O)(=O)C5(C)CC5)C[C@H]4/C=C\CC[C@@H](C)C[C@@H](C)[C@H](NC(=O)O)C(=O)N3C2)n1. The summed E-state index contributed by atoms with van der Waals surface area (Å²) in [5, 5.41) is 16.4. The summed E-state index contributed by atoms with van der Waals surface area (Å²) >= 11 is 0. The van der Waals surface area contributed by atoms with Gasteiger partial charge in [0.05, 0.1) is 25.0 Å².